The number of hydrogen-bond acceptors (Lipinski definition) is 1. The maximum absolute atomic E-state index is 3.60. The van der Waals surface area contributed by atoms with Crippen LogP contribution in [0.3, 0.4) is 0 Å². The Kier molecular flexibility index (Phi) is 13.6. The van der Waals surface area contributed by atoms with E-state index in [0.717, 1.165) is 0 Å². The lowest BCUT2D eigenvalue weighted by Crippen LogP contribution is -2.26. The van der Waals surface area contributed by atoms with Gasteiger partial charge in [-0.2, -0.15) is 0 Å². The van der Waals surface area contributed by atoms with E-state index < -0.39 is 0 Å². The van der Waals surface area contributed by atoms with Gasteiger partial charge in [0.05, 0.1) is 0 Å². The van der Waals surface area contributed by atoms with Gasteiger partial charge in [-0.05, 0) is 56.7 Å². The summed E-state index contributed by atoms with van der Waals surface area (Å²) in [5.74, 6) is 7.81. The zero-order valence-electron chi connectivity index (χ0n) is 21.9. The van der Waals surface area contributed by atoms with Crippen LogP contribution in [0.2, 0.25) is 0 Å². The zero-order valence-corrected chi connectivity index (χ0v) is 21.9. The molecule has 0 saturated heterocycles. The van der Waals surface area contributed by atoms with Crippen molar-refractivity contribution in [2.45, 2.75) is 130 Å². The molecule has 0 heterocycles. The number of rotatable bonds is 15. The third-order valence-electron chi connectivity index (χ3n) is 7.21. The van der Waals surface area contributed by atoms with Crippen LogP contribution in [-0.4, -0.2) is 13.1 Å². The van der Waals surface area contributed by atoms with Crippen LogP contribution in [0.1, 0.15) is 133 Å². The molecule has 1 aliphatic carbocycles. The first-order chi connectivity index (χ1) is 15.7. The molecule has 0 unspecified atom stereocenters. The molecule has 0 radical (unpaired) electrons. The first-order valence-corrected chi connectivity index (χ1v) is 14.0. The van der Waals surface area contributed by atoms with Crippen LogP contribution < -0.4 is 4.90 Å². The number of unbranched alkanes of at least 4 members (excludes halogenated alkanes) is 10. The Morgan fingerprint density at radius 2 is 1.25 bits per heavy atom. The Bertz CT molecular complexity index is 670. The van der Waals surface area contributed by atoms with Gasteiger partial charge in [-0.15, -0.1) is 0 Å². The van der Waals surface area contributed by atoms with Crippen LogP contribution in [0.25, 0.3) is 0 Å². The zero-order chi connectivity index (χ0) is 23.0. The van der Waals surface area contributed by atoms with E-state index in [-0.39, 0.29) is 0 Å². The molecule has 1 saturated carbocycles. The molecule has 1 nitrogen and oxygen atoms in total. The first kappa shape index (κ1) is 26.8. The summed E-state index contributed by atoms with van der Waals surface area (Å²) in [6.45, 7) is 11.5. The van der Waals surface area contributed by atoms with Gasteiger partial charge in [-0.1, -0.05) is 109 Å². The summed E-state index contributed by atoms with van der Waals surface area (Å²) in [5, 5.41) is 0. The van der Waals surface area contributed by atoms with Gasteiger partial charge in [0.25, 0.3) is 0 Å². The number of aryl methyl sites for hydroxylation is 2. The van der Waals surface area contributed by atoms with E-state index in [0.29, 0.717) is 5.92 Å². The summed E-state index contributed by atoms with van der Waals surface area (Å²) in [4.78, 5) is 2.69. The second-order valence-corrected chi connectivity index (χ2v) is 10.2. The standard InChI is InChI=1S/C31H51N/c1-5-7-9-11-13-17-23-32(24-18-14-12-10-8-6-2)31-26-30(27(3)25-28(31)4)22-21-29-19-15-16-20-29/h25-26,29H,5-20,23-24H2,1-4H3. The first-order valence-electron chi connectivity index (χ1n) is 14.0. The molecule has 1 aromatic carbocycles. The molecule has 0 aliphatic heterocycles. The van der Waals surface area contributed by atoms with Crippen molar-refractivity contribution >= 4 is 5.69 Å². The highest BCUT2D eigenvalue weighted by atomic mass is 15.1. The average Bonchev–Trinajstić information content (AvgIpc) is 3.30. The fourth-order valence-corrected chi connectivity index (χ4v) is 5.08. The van der Waals surface area contributed by atoms with Crippen LogP contribution >= 0.6 is 0 Å². The van der Waals surface area contributed by atoms with Crippen LogP contribution in [-0.2, 0) is 0 Å². The second-order valence-electron chi connectivity index (χ2n) is 10.2. The number of hydrogen-bond donors (Lipinski definition) is 0. The van der Waals surface area contributed by atoms with Crippen molar-refractivity contribution in [3.8, 4) is 11.8 Å². The Balaban J connectivity index is 2.04. The van der Waals surface area contributed by atoms with E-state index in [1.807, 2.05) is 0 Å². The molecule has 0 aromatic heterocycles. The Hall–Kier alpha value is -1.42. The minimum absolute atomic E-state index is 0.626. The van der Waals surface area contributed by atoms with Gasteiger partial charge in [0, 0.05) is 30.3 Å². The number of nitrogens with zero attached hydrogens (tertiary/aromatic N) is 1. The Morgan fingerprint density at radius 1 is 0.719 bits per heavy atom. The maximum atomic E-state index is 3.60. The van der Waals surface area contributed by atoms with Crippen molar-refractivity contribution in [2.75, 3.05) is 18.0 Å². The van der Waals surface area contributed by atoms with E-state index in [1.165, 1.54) is 138 Å². The topological polar surface area (TPSA) is 3.24 Å². The summed E-state index contributed by atoms with van der Waals surface area (Å²) in [6.07, 6.45) is 21.7. The van der Waals surface area contributed by atoms with Gasteiger partial charge in [0.15, 0.2) is 0 Å². The minimum atomic E-state index is 0.626. The van der Waals surface area contributed by atoms with Gasteiger partial charge in [-0.3, -0.25) is 0 Å². The summed E-state index contributed by atoms with van der Waals surface area (Å²) < 4.78 is 0. The number of anilines is 1. The van der Waals surface area contributed by atoms with Crippen LogP contribution in [0.5, 0.6) is 0 Å². The molecular weight excluding hydrogens is 386 g/mol. The molecular formula is C31H51N. The molecule has 0 N–H and O–H groups in total. The lowest BCUT2D eigenvalue weighted by molar-refractivity contribution is 0.574. The monoisotopic (exact) mass is 437 g/mol. The molecule has 32 heavy (non-hydrogen) atoms. The van der Waals surface area contributed by atoms with Gasteiger partial charge < -0.3 is 4.90 Å². The predicted molar refractivity (Wildman–Crippen MR) is 144 cm³/mol. The average molecular weight is 438 g/mol. The van der Waals surface area contributed by atoms with Crippen molar-refractivity contribution in [3.63, 3.8) is 0 Å². The third kappa shape index (κ3) is 10.0. The Labute approximate surface area is 200 Å². The van der Waals surface area contributed by atoms with Gasteiger partial charge in [0.2, 0.25) is 0 Å². The molecule has 0 amide bonds. The van der Waals surface area contributed by atoms with Crippen molar-refractivity contribution < 1.29 is 0 Å². The lowest BCUT2D eigenvalue weighted by Gasteiger charge is -2.27. The van der Waals surface area contributed by atoms with E-state index >= 15 is 0 Å². The van der Waals surface area contributed by atoms with Gasteiger partial charge >= 0.3 is 0 Å². The van der Waals surface area contributed by atoms with E-state index in [1.54, 1.807) is 0 Å². The fraction of sp³-hybridized carbons (Fsp3) is 0.742. The van der Waals surface area contributed by atoms with Crippen molar-refractivity contribution in [1.82, 2.24) is 0 Å². The highest BCUT2D eigenvalue weighted by Crippen LogP contribution is 2.27. The summed E-state index contributed by atoms with van der Waals surface area (Å²) >= 11 is 0. The molecule has 1 heteroatoms. The van der Waals surface area contributed by atoms with Crippen LogP contribution in [0.4, 0.5) is 5.69 Å². The second kappa shape index (κ2) is 16.2. The SMILES string of the molecule is CCCCCCCCN(CCCCCCCC)c1cc(C#CC2CCCC2)c(C)cc1C. The summed E-state index contributed by atoms with van der Waals surface area (Å²) in [7, 11) is 0. The van der Waals surface area contributed by atoms with Crippen molar-refractivity contribution in [1.29, 1.82) is 0 Å². The van der Waals surface area contributed by atoms with Crippen LogP contribution in [0.15, 0.2) is 12.1 Å². The molecule has 0 atom stereocenters. The van der Waals surface area contributed by atoms with Crippen molar-refractivity contribution in [2.24, 2.45) is 5.92 Å². The molecule has 0 spiro atoms. The molecule has 2 rings (SSSR count). The maximum Gasteiger partial charge on any atom is 0.0408 e. The highest BCUT2D eigenvalue weighted by molar-refractivity contribution is 5.60. The van der Waals surface area contributed by atoms with Gasteiger partial charge in [0.1, 0.15) is 0 Å². The molecule has 1 fully saturated rings. The lowest BCUT2D eigenvalue weighted by atomic mass is 10.0. The summed E-state index contributed by atoms with van der Waals surface area (Å²) in [6, 6.07) is 4.80. The predicted octanol–water partition coefficient (Wildman–Crippen LogP) is 9.37. The molecule has 180 valence electrons. The quantitative estimate of drug-likeness (QED) is 0.195. The van der Waals surface area contributed by atoms with Gasteiger partial charge in [-0.25, -0.2) is 0 Å². The summed E-state index contributed by atoms with van der Waals surface area (Å²) in [5.41, 5.74) is 5.46. The smallest absolute Gasteiger partial charge is 0.0408 e. The fourth-order valence-electron chi connectivity index (χ4n) is 5.08. The van der Waals surface area contributed by atoms with E-state index in [2.05, 4.69) is 56.6 Å². The normalized spacial score (nSPS) is 13.9. The van der Waals surface area contributed by atoms with Crippen molar-refractivity contribution in [3.05, 3.63) is 28.8 Å². The van der Waals surface area contributed by atoms with E-state index in [4.69, 9.17) is 0 Å². The molecule has 1 aliphatic rings. The largest absolute Gasteiger partial charge is 0.371 e. The highest BCUT2D eigenvalue weighted by Gasteiger charge is 2.14. The van der Waals surface area contributed by atoms with E-state index in [9.17, 15) is 0 Å². The van der Waals surface area contributed by atoms with Crippen LogP contribution in [0, 0.1) is 31.6 Å². The number of benzene rings is 1. The molecule has 0 bridgehead atoms. The third-order valence-corrected chi connectivity index (χ3v) is 7.21. The molecule has 1 aromatic rings. The minimum Gasteiger partial charge on any atom is -0.371 e. The Morgan fingerprint density at radius 3 is 1.81 bits per heavy atom.